The highest BCUT2D eigenvalue weighted by Crippen LogP contribution is 2.39. The Morgan fingerprint density at radius 1 is 0.449 bits per heavy atom. The van der Waals surface area contributed by atoms with Gasteiger partial charge in [-0.2, -0.15) is 84.9 Å². The summed E-state index contributed by atoms with van der Waals surface area (Å²) in [6.45, 7) is 11.4. The van der Waals surface area contributed by atoms with E-state index in [9.17, 15) is 136 Å². The summed E-state index contributed by atoms with van der Waals surface area (Å²) >= 11 is 0. The third-order valence-corrected chi connectivity index (χ3v) is 28.8. The molecule has 11 N–H and O–H groups in total. The second kappa shape index (κ2) is 42.0. The van der Waals surface area contributed by atoms with Crippen molar-refractivity contribution < 1.29 is 145 Å². The van der Waals surface area contributed by atoms with Crippen LogP contribution in [0.5, 0.6) is 0 Å². The van der Waals surface area contributed by atoms with Crippen LogP contribution in [0.15, 0.2) is 174 Å². The van der Waals surface area contributed by atoms with E-state index in [1.807, 2.05) is 16.4 Å². The molecule has 0 fully saturated rings. The van der Waals surface area contributed by atoms with Crippen molar-refractivity contribution in [2.24, 2.45) is 0 Å². The van der Waals surface area contributed by atoms with Crippen molar-refractivity contribution in [1.82, 2.24) is 10.2 Å². The van der Waals surface area contributed by atoms with E-state index in [-0.39, 0.29) is 169 Å². The third-order valence-electron chi connectivity index (χ3n) is 21.2. The zero-order valence-corrected chi connectivity index (χ0v) is 77.3. The van der Waals surface area contributed by atoms with Crippen molar-refractivity contribution in [1.29, 1.82) is 0 Å². The molecular weight excluding hydrogens is 1840 g/mol. The standard InChI is InChI=1S/C81H98N6O31S9/c1-53-43-60(26-30-72(53)85(37-17-41-120(95,96)97)56(4)20-14-19-55(3)84(35-13-9-11-25-80(89)90)73-31-27-64(44-54(73)2)122(101,102)103)51-82-81(91)62-45-61-34-39-83(52-71(61)76(46-62)125(110,111)112)79(88)24-10-8-12-36-86(74-32-28-67-69(58(74)6)47-65(123(104,105)106)49-77(67)126(113,114)115)57(5)21-15-22-63(23-16-40-119(92,93)94)87(38-18-42-121(98,99)100)75-33-29-68-70(59(75)7)48-66(124(107,108)109)50-78(68)127(116,117)118/h14-15,19-22,26-33,43-50H,8-13,16-18,23-25,34-42,51-52H2,1-7H3,(H9-2,82,89,90,91,92,93,94,95,96,97,98,99,100,101,102,103,104,105,106,107,108,109,110,111,112,113,114,115,116,117,118)/p+2. The van der Waals surface area contributed by atoms with Crippen molar-refractivity contribution in [2.75, 3.05) is 59.8 Å². The van der Waals surface area contributed by atoms with Gasteiger partial charge in [0, 0.05) is 146 Å². The number of carboxylic acids is 1. The molecule has 46 heteroatoms. The second-order valence-electron chi connectivity index (χ2n) is 30.5. The average Bonchev–Trinajstić information content (AvgIpc) is 0.776. The van der Waals surface area contributed by atoms with Crippen LogP contribution in [-0.4, -0.2) is 215 Å². The molecule has 37 nitrogen and oxygen atoms in total. The summed E-state index contributed by atoms with van der Waals surface area (Å²) in [4.78, 5) is 39.8. The van der Waals surface area contributed by atoms with E-state index in [1.54, 1.807) is 75.1 Å². The first-order valence-electron chi connectivity index (χ1n) is 39.2. The number of fused-ring (bicyclic) bond motifs is 3. The van der Waals surface area contributed by atoms with E-state index < -0.39 is 151 Å². The number of nitrogens with one attached hydrogen (secondary N) is 1. The fraction of sp³-hybridized carbons (Fsp3) is 0.370. The molecule has 0 aromatic heterocycles. The van der Waals surface area contributed by atoms with Gasteiger partial charge in [-0.25, -0.2) is 0 Å². The number of aryl methyl sites for hydroxylation is 4. The van der Waals surface area contributed by atoms with Crippen molar-refractivity contribution in [3.63, 3.8) is 0 Å². The lowest BCUT2D eigenvalue weighted by Crippen LogP contribution is -2.37. The van der Waals surface area contributed by atoms with Crippen LogP contribution in [0, 0.1) is 27.7 Å². The fourth-order valence-corrected chi connectivity index (χ4v) is 20.5. The molecule has 127 heavy (non-hydrogen) atoms. The Bertz CT molecular complexity index is 6810. The molecule has 0 unspecified atom stereocenters. The number of nitrogens with zero attached hydrogens (tertiary/aromatic N) is 5. The molecule has 0 saturated carbocycles. The number of anilines is 2. The van der Waals surface area contributed by atoms with Gasteiger partial charge in [0.15, 0.2) is 11.4 Å². The van der Waals surface area contributed by atoms with Gasteiger partial charge in [-0.15, -0.1) is 0 Å². The van der Waals surface area contributed by atoms with Crippen LogP contribution in [0.1, 0.15) is 147 Å². The number of unbranched alkanes of at least 4 members (excludes halogenated alkanes) is 4. The summed E-state index contributed by atoms with van der Waals surface area (Å²) in [6.07, 6.45) is 11.0. The predicted octanol–water partition coefficient (Wildman–Crippen LogP) is 10.8. The Balaban J connectivity index is 1.04. The molecule has 0 bridgehead atoms. The molecule has 8 rings (SSSR count). The topological polar surface area (TPSA) is 589 Å². The minimum absolute atomic E-state index is 0.00740. The molecule has 7 aromatic carbocycles. The minimum atomic E-state index is -5.20. The van der Waals surface area contributed by atoms with Crippen molar-refractivity contribution in [3.8, 4) is 0 Å². The number of benzene rings is 7. The molecule has 1 heterocycles. The van der Waals surface area contributed by atoms with Crippen molar-refractivity contribution in [3.05, 3.63) is 189 Å². The van der Waals surface area contributed by atoms with E-state index in [0.29, 0.717) is 88.7 Å². The van der Waals surface area contributed by atoms with Gasteiger partial charge in [0.05, 0.1) is 36.8 Å². The number of rotatable bonds is 43. The van der Waals surface area contributed by atoms with E-state index >= 15 is 0 Å². The number of hydrogen-bond acceptors (Lipinski definition) is 23. The predicted molar refractivity (Wildman–Crippen MR) is 473 cm³/mol. The monoisotopic (exact) mass is 1940 g/mol. The van der Waals surface area contributed by atoms with Gasteiger partial charge in [0.25, 0.3) is 97.0 Å². The largest absolute Gasteiger partial charge is 0.481 e. The highest BCUT2D eigenvalue weighted by molar-refractivity contribution is 7.88. The summed E-state index contributed by atoms with van der Waals surface area (Å²) in [7, 11) is -43.9. The average molecular weight is 1940 g/mol. The van der Waals surface area contributed by atoms with Gasteiger partial charge < -0.3 is 25.1 Å². The fourth-order valence-electron chi connectivity index (χ4n) is 15.0. The lowest BCUT2D eigenvalue weighted by Gasteiger charge is -2.30. The summed E-state index contributed by atoms with van der Waals surface area (Å²) in [6, 6.07) is 20.0. The molecule has 0 atom stereocenters. The molecule has 1 aliphatic heterocycles. The summed E-state index contributed by atoms with van der Waals surface area (Å²) < 4.78 is 318. The first-order valence-corrected chi connectivity index (χ1v) is 52.7. The van der Waals surface area contributed by atoms with E-state index in [1.165, 1.54) is 84.0 Å². The first kappa shape index (κ1) is 103. The molecule has 0 radical (unpaired) electrons. The second-order valence-corrected chi connectivity index (χ2v) is 43.6. The molecular formula is C81H100N6O31S9+2. The van der Waals surface area contributed by atoms with E-state index in [4.69, 9.17) is 0 Å². The van der Waals surface area contributed by atoms with E-state index in [2.05, 4.69) is 5.32 Å². The quantitative estimate of drug-likeness (QED) is 0.00556. The number of allylic oxidation sites excluding steroid dienone is 8. The van der Waals surface area contributed by atoms with Gasteiger partial charge in [-0.1, -0.05) is 37.1 Å². The van der Waals surface area contributed by atoms with Crippen LogP contribution in [-0.2, 0) is 120 Å². The Labute approximate surface area is 738 Å². The molecule has 692 valence electrons. The number of aliphatic carboxylic acids is 1. The molecule has 0 aliphatic carbocycles. The molecule has 0 saturated heterocycles. The van der Waals surface area contributed by atoms with Crippen LogP contribution in [0.3, 0.4) is 0 Å². The SMILES string of the molecule is C\C(=C/C=C/C(C)=[N+](\CCCS(=O)(=O)O)c1ccc(CNC(=O)c2cc3c(c(S(=O)(=O)O)c2)CN(C(=O)CCCCCN(/C(C)=C/C=C/C(CCCS(=O)(=O)O)=[N+](\CCCS(=O)(=O)O)c2ccc4c(S(=O)(=O)O)cc(S(=O)(=O)O)cc4c2C)c2ccc4c(S(=O)(=O)O)cc(S(=O)(=O)O)cc4c2C)CC3)cc1C)N(CCCCCC(=O)O)c1ccc(S(=O)(=O)O)cc1C. The lowest BCUT2D eigenvalue weighted by molar-refractivity contribution is -0.441. The third kappa shape index (κ3) is 29.0. The number of carbonyl (C=O) groups excluding carboxylic acids is 2. The highest BCUT2D eigenvalue weighted by Gasteiger charge is 2.32. The minimum Gasteiger partial charge on any atom is -0.481 e. The van der Waals surface area contributed by atoms with Crippen LogP contribution < -0.4 is 15.1 Å². The summed E-state index contributed by atoms with van der Waals surface area (Å²) in [5.74, 6) is -4.32. The smallest absolute Gasteiger partial charge is 0.303 e. The number of hydrogen-bond donors (Lipinski definition) is 11. The summed E-state index contributed by atoms with van der Waals surface area (Å²) in [5, 5.41) is 11.3. The molecule has 2 amide bonds. The maximum atomic E-state index is 14.2. The Hall–Kier alpha value is -9.44. The van der Waals surface area contributed by atoms with Crippen LogP contribution in [0.4, 0.5) is 22.7 Å². The zero-order valence-electron chi connectivity index (χ0n) is 69.9. The maximum Gasteiger partial charge on any atom is 0.303 e. The Morgan fingerprint density at radius 3 is 1.45 bits per heavy atom. The molecule has 7 aromatic rings. The van der Waals surface area contributed by atoms with Gasteiger partial charge in [-0.05, 0) is 204 Å². The lowest BCUT2D eigenvalue weighted by atomic mass is 9.96. The van der Waals surface area contributed by atoms with Gasteiger partial charge in [0.2, 0.25) is 17.3 Å². The Morgan fingerprint density at radius 2 is 0.937 bits per heavy atom. The van der Waals surface area contributed by atoms with Gasteiger partial charge >= 0.3 is 5.97 Å². The van der Waals surface area contributed by atoms with Crippen LogP contribution in [0.2, 0.25) is 0 Å². The van der Waals surface area contributed by atoms with Gasteiger partial charge in [-0.3, -0.25) is 55.4 Å². The number of carboxylic acid groups (broad SMARTS) is 1. The maximum absolute atomic E-state index is 14.2. The molecule has 1 aliphatic rings. The number of amides is 2. The van der Waals surface area contributed by atoms with Crippen molar-refractivity contribution >= 4 is 165 Å². The van der Waals surface area contributed by atoms with E-state index in [0.717, 1.165) is 18.2 Å². The number of carbonyl (C=O) groups is 3. The van der Waals surface area contributed by atoms with Gasteiger partial charge in [0.1, 0.15) is 22.9 Å². The van der Waals surface area contributed by atoms with Crippen LogP contribution in [0.25, 0.3) is 21.5 Å². The molecule has 0 spiro atoms. The summed E-state index contributed by atoms with van der Waals surface area (Å²) in [5.41, 5.74) is 5.72. The highest BCUT2D eigenvalue weighted by atomic mass is 32.3. The first-order chi connectivity index (χ1) is 58.7. The van der Waals surface area contributed by atoms with Crippen LogP contribution >= 0.6 is 0 Å². The zero-order chi connectivity index (χ0) is 94.7. The normalized spacial score (nSPS) is 14.2. The van der Waals surface area contributed by atoms with Crippen molar-refractivity contribution in [2.45, 2.75) is 174 Å². The Kier molecular flexibility index (Phi) is 34.0.